The molecule has 6 nitrogen and oxygen atoms in total. The summed E-state index contributed by atoms with van der Waals surface area (Å²) in [5, 5.41) is 0. The van der Waals surface area contributed by atoms with E-state index >= 15 is 0 Å². The predicted molar refractivity (Wildman–Crippen MR) is 85.4 cm³/mol. The van der Waals surface area contributed by atoms with Crippen LogP contribution < -0.4 is 20.3 Å². The van der Waals surface area contributed by atoms with Crippen LogP contribution in [0.4, 0.5) is 0 Å². The molecule has 0 fully saturated rings. The summed E-state index contributed by atoms with van der Waals surface area (Å²) in [7, 11) is 0. The Hall–Kier alpha value is -2.54. The van der Waals surface area contributed by atoms with Crippen LogP contribution in [0, 0.1) is 6.92 Å². The lowest BCUT2D eigenvalue weighted by molar-refractivity contribution is -0.134. The first-order chi connectivity index (χ1) is 11.1. The molecule has 0 bridgehead atoms. The number of hydrogen-bond donors (Lipinski definition) is 2. The number of thiophene rings is 1. The number of carbonyl (C=O) groups excluding carboxylic acids is 2. The van der Waals surface area contributed by atoms with E-state index < -0.39 is 12.0 Å². The lowest BCUT2D eigenvalue weighted by atomic mass is 10.2. The lowest BCUT2D eigenvalue weighted by Crippen LogP contribution is -2.51. The Balaban J connectivity index is 1.49. The molecule has 120 valence electrons. The summed E-state index contributed by atoms with van der Waals surface area (Å²) in [6.07, 6.45) is -0.571. The van der Waals surface area contributed by atoms with Gasteiger partial charge in [0.1, 0.15) is 6.61 Å². The van der Waals surface area contributed by atoms with E-state index in [1.54, 1.807) is 29.5 Å². The fraction of sp³-hybridized carbons (Fsp3) is 0.250. The van der Waals surface area contributed by atoms with Crippen molar-refractivity contribution in [1.82, 2.24) is 10.9 Å². The van der Waals surface area contributed by atoms with Crippen LogP contribution in [-0.4, -0.2) is 24.5 Å². The molecule has 2 amide bonds. The standard InChI is InChI=1S/C16H16N2O4S/c1-10-6-7-11(23-10)8-15(19)17-18-16(20)14-9-21-12-4-2-3-5-13(12)22-14/h2-7,14H,8-9H2,1H3,(H,17,19)(H,18,20). The van der Waals surface area contributed by atoms with Crippen LogP contribution in [0.3, 0.4) is 0 Å². The van der Waals surface area contributed by atoms with Crippen LogP contribution >= 0.6 is 11.3 Å². The van der Waals surface area contributed by atoms with Gasteiger partial charge >= 0.3 is 0 Å². The van der Waals surface area contributed by atoms with Gasteiger partial charge in [-0.05, 0) is 31.2 Å². The predicted octanol–water partition coefficient (Wildman–Crippen LogP) is 1.59. The summed E-state index contributed by atoms with van der Waals surface area (Å²) in [4.78, 5) is 25.9. The lowest BCUT2D eigenvalue weighted by Gasteiger charge is -2.25. The van der Waals surface area contributed by atoms with Gasteiger partial charge in [-0.25, -0.2) is 0 Å². The number of ether oxygens (including phenoxy) is 2. The van der Waals surface area contributed by atoms with Crippen LogP contribution in [-0.2, 0) is 16.0 Å². The summed E-state index contributed by atoms with van der Waals surface area (Å²) in [5.74, 6) is 0.389. The number of nitrogens with one attached hydrogen (secondary N) is 2. The average molecular weight is 332 g/mol. The second kappa shape index (κ2) is 6.70. The molecule has 2 N–H and O–H groups in total. The van der Waals surface area contributed by atoms with Crippen molar-refractivity contribution in [1.29, 1.82) is 0 Å². The first-order valence-corrected chi connectivity index (χ1v) is 7.96. The van der Waals surface area contributed by atoms with Gasteiger partial charge < -0.3 is 9.47 Å². The molecule has 2 aromatic rings. The van der Waals surface area contributed by atoms with Crippen LogP contribution in [0.1, 0.15) is 9.75 Å². The number of carbonyl (C=O) groups is 2. The third-order valence-corrected chi connectivity index (χ3v) is 4.26. The van der Waals surface area contributed by atoms with Crippen molar-refractivity contribution in [2.75, 3.05) is 6.61 Å². The fourth-order valence-corrected chi connectivity index (χ4v) is 3.03. The molecule has 1 aliphatic rings. The molecular formula is C16H16N2O4S. The zero-order valence-corrected chi connectivity index (χ0v) is 13.3. The van der Waals surface area contributed by atoms with E-state index in [0.29, 0.717) is 11.5 Å². The zero-order chi connectivity index (χ0) is 16.2. The number of para-hydroxylation sites is 2. The minimum atomic E-state index is -0.797. The molecule has 0 aliphatic carbocycles. The Morgan fingerprint density at radius 3 is 2.70 bits per heavy atom. The maximum Gasteiger partial charge on any atom is 0.283 e. The van der Waals surface area contributed by atoms with Crippen molar-refractivity contribution in [2.45, 2.75) is 19.4 Å². The highest BCUT2D eigenvalue weighted by atomic mass is 32.1. The molecule has 1 unspecified atom stereocenters. The highest BCUT2D eigenvalue weighted by Crippen LogP contribution is 2.30. The zero-order valence-electron chi connectivity index (χ0n) is 12.5. The van der Waals surface area contributed by atoms with Gasteiger partial charge in [-0.2, -0.15) is 0 Å². The smallest absolute Gasteiger partial charge is 0.283 e. The number of fused-ring (bicyclic) bond motifs is 1. The van der Waals surface area contributed by atoms with Crippen LogP contribution in [0.2, 0.25) is 0 Å². The number of hydrogen-bond acceptors (Lipinski definition) is 5. The third-order valence-electron chi connectivity index (χ3n) is 3.26. The minimum absolute atomic E-state index is 0.100. The van der Waals surface area contributed by atoms with Crippen molar-refractivity contribution < 1.29 is 19.1 Å². The molecule has 2 heterocycles. The normalized spacial score (nSPS) is 15.8. The van der Waals surface area contributed by atoms with E-state index in [0.717, 1.165) is 9.75 Å². The maximum absolute atomic E-state index is 12.0. The van der Waals surface area contributed by atoms with E-state index in [4.69, 9.17) is 9.47 Å². The Bertz CT molecular complexity index is 728. The first kappa shape index (κ1) is 15.4. The molecule has 23 heavy (non-hydrogen) atoms. The topological polar surface area (TPSA) is 76.7 Å². The summed E-state index contributed by atoms with van der Waals surface area (Å²) in [5.41, 5.74) is 4.77. The SMILES string of the molecule is Cc1ccc(CC(=O)NNC(=O)C2COc3ccccc3O2)s1. The Morgan fingerprint density at radius 1 is 1.17 bits per heavy atom. The number of aryl methyl sites for hydroxylation is 1. The summed E-state index contributed by atoms with van der Waals surface area (Å²) >= 11 is 1.55. The van der Waals surface area contributed by atoms with Crippen LogP contribution in [0.25, 0.3) is 0 Å². The molecule has 1 aromatic heterocycles. The van der Waals surface area contributed by atoms with E-state index in [1.807, 2.05) is 25.1 Å². The summed E-state index contributed by atoms with van der Waals surface area (Å²) < 4.78 is 11.0. The second-order valence-corrected chi connectivity index (χ2v) is 6.46. The molecule has 0 radical (unpaired) electrons. The second-order valence-electron chi connectivity index (χ2n) is 5.09. The van der Waals surface area contributed by atoms with Crippen molar-refractivity contribution in [2.24, 2.45) is 0 Å². The van der Waals surface area contributed by atoms with Crippen LogP contribution in [0.15, 0.2) is 36.4 Å². The average Bonchev–Trinajstić information content (AvgIpc) is 2.97. The van der Waals surface area contributed by atoms with Crippen molar-refractivity contribution in [3.05, 3.63) is 46.2 Å². The number of benzene rings is 1. The molecular weight excluding hydrogens is 316 g/mol. The molecule has 0 spiro atoms. The van der Waals surface area contributed by atoms with E-state index in [-0.39, 0.29) is 18.9 Å². The highest BCUT2D eigenvalue weighted by molar-refractivity contribution is 7.12. The van der Waals surface area contributed by atoms with Gasteiger partial charge in [-0.3, -0.25) is 20.4 Å². The largest absolute Gasteiger partial charge is 0.485 e. The van der Waals surface area contributed by atoms with Crippen molar-refractivity contribution >= 4 is 23.2 Å². The van der Waals surface area contributed by atoms with Crippen molar-refractivity contribution in [3.8, 4) is 11.5 Å². The van der Waals surface area contributed by atoms with Crippen molar-refractivity contribution in [3.63, 3.8) is 0 Å². The van der Waals surface area contributed by atoms with Gasteiger partial charge in [0.15, 0.2) is 11.5 Å². The number of rotatable bonds is 3. The molecule has 1 aromatic carbocycles. The van der Waals surface area contributed by atoms with E-state index in [2.05, 4.69) is 10.9 Å². The molecule has 7 heteroatoms. The molecule has 0 saturated carbocycles. The Labute approximate surface area is 137 Å². The number of hydrazine groups is 1. The summed E-state index contributed by atoms with van der Waals surface area (Å²) in [6, 6.07) is 11.0. The quantitative estimate of drug-likeness (QED) is 0.837. The van der Waals surface area contributed by atoms with E-state index in [1.165, 1.54) is 0 Å². The monoisotopic (exact) mass is 332 g/mol. The Morgan fingerprint density at radius 2 is 1.96 bits per heavy atom. The molecule has 1 atom stereocenters. The van der Waals surface area contributed by atoms with Gasteiger partial charge in [0.05, 0.1) is 6.42 Å². The molecule has 3 rings (SSSR count). The van der Waals surface area contributed by atoms with Gasteiger partial charge in [-0.15, -0.1) is 11.3 Å². The van der Waals surface area contributed by atoms with Gasteiger partial charge in [0.2, 0.25) is 12.0 Å². The molecule has 1 aliphatic heterocycles. The van der Waals surface area contributed by atoms with Gasteiger partial charge in [0, 0.05) is 9.75 Å². The van der Waals surface area contributed by atoms with Gasteiger partial charge in [0.25, 0.3) is 5.91 Å². The fourth-order valence-electron chi connectivity index (χ4n) is 2.14. The maximum atomic E-state index is 12.0. The highest BCUT2D eigenvalue weighted by Gasteiger charge is 2.27. The Kier molecular flexibility index (Phi) is 4.47. The van der Waals surface area contributed by atoms with Gasteiger partial charge in [-0.1, -0.05) is 12.1 Å². The summed E-state index contributed by atoms with van der Waals surface area (Å²) in [6.45, 7) is 2.08. The number of amides is 2. The first-order valence-electron chi connectivity index (χ1n) is 7.14. The minimum Gasteiger partial charge on any atom is -0.485 e. The third kappa shape index (κ3) is 3.81. The van der Waals surface area contributed by atoms with E-state index in [9.17, 15) is 9.59 Å². The van der Waals surface area contributed by atoms with Crippen LogP contribution in [0.5, 0.6) is 11.5 Å². The molecule has 0 saturated heterocycles.